The molecule has 2 N–H and O–H groups in total. The minimum absolute atomic E-state index is 0.00466. The molecule has 0 spiro atoms. The topological polar surface area (TPSA) is 75.3 Å². The number of carbonyl (C=O) groups is 1. The number of rotatable bonds is 7. The van der Waals surface area contributed by atoms with Crippen molar-refractivity contribution in [3.05, 3.63) is 0 Å². The van der Waals surface area contributed by atoms with Gasteiger partial charge in [0.15, 0.2) is 0 Å². The minimum atomic E-state index is -3.44. The maximum Gasteiger partial charge on any atom is 0.328 e. The first-order valence-corrected chi connectivity index (χ1v) is 6.95. The van der Waals surface area contributed by atoms with Crippen LogP contribution in [0.15, 0.2) is 0 Å². The van der Waals surface area contributed by atoms with E-state index in [0.717, 1.165) is 19.3 Å². The summed E-state index contributed by atoms with van der Waals surface area (Å²) in [5.41, 5.74) is 0. The molecule has 90 valence electrons. The highest BCUT2D eigenvalue weighted by Crippen LogP contribution is 1.93. The fourth-order valence-electron chi connectivity index (χ4n) is 0.941. The summed E-state index contributed by atoms with van der Waals surface area (Å²) in [6, 6.07) is -0.625. The molecule has 0 radical (unpaired) electrons. The van der Waals surface area contributed by atoms with Crippen LogP contribution in [-0.2, 0) is 10.0 Å². The molecule has 0 saturated heterocycles. The Morgan fingerprint density at radius 2 is 1.73 bits per heavy atom. The van der Waals surface area contributed by atoms with E-state index < -0.39 is 16.1 Å². The second-order valence-electron chi connectivity index (χ2n) is 3.38. The van der Waals surface area contributed by atoms with Crippen LogP contribution in [0.3, 0.4) is 0 Å². The van der Waals surface area contributed by atoms with E-state index in [9.17, 15) is 13.2 Å². The van der Waals surface area contributed by atoms with Gasteiger partial charge < -0.3 is 5.32 Å². The molecule has 0 fully saturated rings. The van der Waals surface area contributed by atoms with Gasteiger partial charge in [0.1, 0.15) is 0 Å². The molecule has 0 aromatic carbocycles. The van der Waals surface area contributed by atoms with E-state index in [1.54, 1.807) is 0 Å². The fourth-order valence-corrected chi connectivity index (χ4v) is 2.07. The lowest BCUT2D eigenvalue weighted by Crippen LogP contribution is -2.40. The van der Waals surface area contributed by atoms with Crippen LogP contribution in [0, 0.1) is 0 Å². The molecule has 0 aliphatic carbocycles. The normalized spacial score (nSPS) is 11.1. The number of urea groups is 1. The number of nitrogens with one attached hydrogen (secondary N) is 2. The van der Waals surface area contributed by atoms with Crippen molar-refractivity contribution in [2.24, 2.45) is 0 Å². The van der Waals surface area contributed by atoms with Gasteiger partial charge in [-0.05, 0) is 12.8 Å². The summed E-state index contributed by atoms with van der Waals surface area (Å²) in [4.78, 5) is 11.1. The molecule has 0 unspecified atom stereocenters. The Morgan fingerprint density at radius 3 is 2.27 bits per heavy atom. The Hall–Kier alpha value is -0.780. The average Bonchev–Trinajstić information content (AvgIpc) is 2.14. The molecule has 0 bridgehead atoms. The molecule has 0 aliphatic heterocycles. The molecular formula is C9H20N2O3S. The third-order valence-electron chi connectivity index (χ3n) is 1.83. The van der Waals surface area contributed by atoms with Crippen LogP contribution in [0.2, 0.25) is 0 Å². The molecule has 0 rings (SSSR count). The first-order chi connectivity index (χ1) is 7.02. The van der Waals surface area contributed by atoms with Crippen LogP contribution in [-0.4, -0.2) is 26.7 Å². The zero-order valence-corrected chi connectivity index (χ0v) is 10.2. The quantitative estimate of drug-likeness (QED) is 0.652. The Morgan fingerprint density at radius 1 is 1.13 bits per heavy atom. The van der Waals surface area contributed by atoms with E-state index in [2.05, 4.69) is 5.32 Å². The summed E-state index contributed by atoms with van der Waals surface area (Å²) < 4.78 is 24.5. The molecule has 0 aliphatic rings. The van der Waals surface area contributed by atoms with Gasteiger partial charge in [-0.3, -0.25) is 0 Å². The summed E-state index contributed by atoms with van der Waals surface area (Å²) in [6.45, 7) is 4.40. The number of unbranched alkanes of at least 4 members (excludes halogenated alkanes) is 2. The highest BCUT2D eigenvalue weighted by molar-refractivity contribution is 7.90. The third kappa shape index (κ3) is 8.23. The standard InChI is InChI=1S/C9H20N2O3S/c1-3-5-7-10-9(12)11-15(13,14)8-6-4-2/h3-8H2,1-2H3,(H2,10,11,12). The highest BCUT2D eigenvalue weighted by atomic mass is 32.2. The fraction of sp³-hybridized carbons (Fsp3) is 0.889. The van der Waals surface area contributed by atoms with Crippen LogP contribution in [0.1, 0.15) is 39.5 Å². The molecule has 0 saturated carbocycles. The van der Waals surface area contributed by atoms with Crippen molar-refractivity contribution in [1.29, 1.82) is 0 Å². The maximum absolute atomic E-state index is 11.3. The van der Waals surface area contributed by atoms with Gasteiger partial charge >= 0.3 is 6.03 Å². The monoisotopic (exact) mass is 236 g/mol. The van der Waals surface area contributed by atoms with Crippen LogP contribution in [0.4, 0.5) is 4.79 Å². The van der Waals surface area contributed by atoms with Gasteiger partial charge in [0.05, 0.1) is 5.75 Å². The van der Waals surface area contributed by atoms with Crippen molar-refractivity contribution in [2.75, 3.05) is 12.3 Å². The summed E-state index contributed by atoms with van der Waals surface area (Å²) >= 11 is 0. The molecule has 0 aromatic rings. The predicted molar refractivity (Wildman–Crippen MR) is 60.1 cm³/mol. The molecule has 0 heterocycles. The number of sulfonamides is 1. The molecule has 2 amide bonds. The Balaban J connectivity index is 3.84. The van der Waals surface area contributed by atoms with Gasteiger partial charge in [-0.1, -0.05) is 26.7 Å². The second kappa shape index (κ2) is 7.50. The van der Waals surface area contributed by atoms with Gasteiger partial charge in [-0.25, -0.2) is 17.9 Å². The van der Waals surface area contributed by atoms with Gasteiger partial charge in [0.25, 0.3) is 0 Å². The van der Waals surface area contributed by atoms with E-state index in [0.29, 0.717) is 13.0 Å². The van der Waals surface area contributed by atoms with Crippen LogP contribution >= 0.6 is 0 Å². The van der Waals surface area contributed by atoms with Crippen molar-refractivity contribution in [2.45, 2.75) is 39.5 Å². The molecule has 6 heteroatoms. The SMILES string of the molecule is CCCCNC(=O)NS(=O)(=O)CCCC. The average molecular weight is 236 g/mol. The van der Waals surface area contributed by atoms with Gasteiger partial charge in [0, 0.05) is 6.54 Å². The van der Waals surface area contributed by atoms with E-state index in [4.69, 9.17) is 0 Å². The summed E-state index contributed by atoms with van der Waals surface area (Å²) in [6.07, 6.45) is 3.17. The molecule has 0 aromatic heterocycles. The van der Waals surface area contributed by atoms with E-state index in [-0.39, 0.29) is 5.75 Å². The zero-order valence-electron chi connectivity index (χ0n) is 9.38. The molecular weight excluding hydrogens is 216 g/mol. The molecule has 15 heavy (non-hydrogen) atoms. The van der Waals surface area contributed by atoms with E-state index >= 15 is 0 Å². The summed E-state index contributed by atoms with van der Waals surface area (Å²) in [5, 5.41) is 2.49. The lowest BCUT2D eigenvalue weighted by atomic mass is 10.3. The maximum atomic E-state index is 11.3. The minimum Gasteiger partial charge on any atom is -0.337 e. The van der Waals surface area contributed by atoms with Gasteiger partial charge in [0.2, 0.25) is 10.0 Å². The Kier molecular flexibility index (Phi) is 7.11. The van der Waals surface area contributed by atoms with Crippen molar-refractivity contribution < 1.29 is 13.2 Å². The lowest BCUT2D eigenvalue weighted by molar-refractivity contribution is 0.245. The number of carbonyl (C=O) groups excluding carboxylic acids is 1. The zero-order chi connectivity index (χ0) is 11.7. The Bertz CT molecular complexity index is 275. The first-order valence-electron chi connectivity index (χ1n) is 5.30. The van der Waals surface area contributed by atoms with Gasteiger partial charge in [-0.15, -0.1) is 0 Å². The van der Waals surface area contributed by atoms with Crippen molar-refractivity contribution in [3.63, 3.8) is 0 Å². The predicted octanol–water partition coefficient (Wildman–Crippen LogP) is 1.22. The van der Waals surface area contributed by atoms with Crippen LogP contribution < -0.4 is 10.0 Å². The van der Waals surface area contributed by atoms with Crippen molar-refractivity contribution in [1.82, 2.24) is 10.0 Å². The van der Waals surface area contributed by atoms with Crippen molar-refractivity contribution >= 4 is 16.1 Å². The molecule has 5 nitrogen and oxygen atoms in total. The second-order valence-corrected chi connectivity index (χ2v) is 5.23. The van der Waals surface area contributed by atoms with Crippen molar-refractivity contribution in [3.8, 4) is 0 Å². The first kappa shape index (κ1) is 14.2. The number of hydrogen-bond donors (Lipinski definition) is 2. The number of hydrogen-bond acceptors (Lipinski definition) is 3. The van der Waals surface area contributed by atoms with Crippen LogP contribution in [0.25, 0.3) is 0 Å². The number of amides is 2. The molecule has 0 atom stereocenters. The largest absolute Gasteiger partial charge is 0.337 e. The smallest absolute Gasteiger partial charge is 0.328 e. The van der Waals surface area contributed by atoms with Crippen LogP contribution in [0.5, 0.6) is 0 Å². The highest BCUT2D eigenvalue weighted by Gasteiger charge is 2.12. The van der Waals surface area contributed by atoms with E-state index in [1.807, 2.05) is 18.6 Å². The van der Waals surface area contributed by atoms with E-state index in [1.165, 1.54) is 0 Å². The van der Waals surface area contributed by atoms with Gasteiger partial charge in [-0.2, -0.15) is 0 Å². The summed E-state index contributed by atoms with van der Waals surface area (Å²) in [7, 11) is -3.44. The lowest BCUT2D eigenvalue weighted by Gasteiger charge is -2.07. The third-order valence-corrected chi connectivity index (χ3v) is 3.15. The summed E-state index contributed by atoms with van der Waals surface area (Å²) in [5.74, 6) is 0.00466. The Labute approximate surface area is 91.7 Å².